The van der Waals surface area contributed by atoms with Crippen LogP contribution < -0.4 is 5.32 Å². The Morgan fingerprint density at radius 2 is 2.07 bits per heavy atom. The molecule has 0 aromatic rings. The fourth-order valence-electron chi connectivity index (χ4n) is 1.93. The van der Waals surface area contributed by atoms with Crippen LogP contribution >= 0.6 is 0 Å². The Morgan fingerprint density at radius 1 is 1.47 bits per heavy atom. The van der Waals surface area contributed by atoms with Crippen LogP contribution in [-0.4, -0.2) is 23.0 Å². The zero-order chi connectivity index (χ0) is 11.4. The van der Waals surface area contributed by atoms with Crippen molar-refractivity contribution in [3.05, 3.63) is 0 Å². The maximum absolute atomic E-state index is 11.7. The Bertz CT molecular complexity index is 305. The van der Waals surface area contributed by atoms with E-state index in [9.17, 15) is 9.59 Å². The summed E-state index contributed by atoms with van der Waals surface area (Å²) in [6.45, 7) is 1.70. The van der Waals surface area contributed by atoms with Gasteiger partial charge in [0, 0.05) is 0 Å². The van der Waals surface area contributed by atoms with Crippen molar-refractivity contribution < 1.29 is 14.7 Å². The van der Waals surface area contributed by atoms with Gasteiger partial charge >= 0.3 is 5.97 Å². The Kier molecular flexibility index (Phi) is 3.73. The van der Waals surface area contributed by atoms with Crippen molar-refractivity contribution in [3.63, 3.8) is 0 Å². The number of hydrogen-bond donors (Lipinski definition) is 2. The molecule has 0 aromatic carbocycles. The van der Waals surface area contributed by atoms with Crippen LogP contribution in [-0.2, 0) is 9.59 Å². The minimum Gasteiger partial charge on any atom is -0.481 e. The number of carboxylic acids is 1. The molecule has 1 rings (SSSR count). The summed E-state index contributed by atoms with van der Waals surface area (Å²) >= 11 is 0. The van der Waals surface area contributed by atoms with Gasteiger partial charge in [0.15, 0.2) is 0 Å². The van der Waals surface area contributed by atoms with E-state index in [0.717, 1.165) is 6.42 Å². The Balaban J connectivity index is 2.59. The summed E-state index contributed by atoms with van der Waals surface area (Å²) in [5, 5.41) is 11.5. The zero-order valence-corrected chi connectivity index (χ0v) is 8.69. The molecular formula is C11H15NO3. The van der Waals surface area contributed by atoms with Gasteiger partial charge in [-0.05, 0) is 19.8 Å². The summed E-state index contributed by atoms with van der Waals surface area (Å²) in [6, 6.07) is -0.340. The monoisotopic (exact) mass is 209 g/mol. The first-order chi connectivity index (χ1) is 7.06. The fraction of sp³-hybridized carbons (Fsp3) is 0.636. The van der Waals surface area contributed by atoms with E-state index < -0.39 is 17.8 Å². The average molecular weight is 209 g/mol. The minimum atomic E-state index is -0.888. The molecule has 0 bridgehead atoms. The second kappa shape index (κ2) is 4.83. The first-order valence-corrected chi connectivity index (χ1v) is 5.05. The van der Waals surface area contributed by atoms with E-state index in [2.05, 4.69) is 11.2 Å². The van der Waals surface area contributed by atoms with Crippen LogP contribution in [0.4, 0.5) is 0 Å². The zero-order valence-electron chi connectivity index (χ0n) is 8.69. The second-order valence-corrected chi connectivity index (χ2v) is 3.88. The van der Waals surface area contributed by atoms with Gasteiger partial charge < -0.3 is 10.4 Å². The average Bonchev–Trinajstić information content (AvgIpc) is 2.65. The van der Waals surface area contributed by atoms with Crippen molar-refractivity contribution in [2.75, 3.05) is 0 Å². The number of nitrogens with one attached hydrogen (secondary N) is 1. The van der Waals surface area contributed by atoms with Gasteiger partial charge in [-0.3, -0.25) is 9.59 Å². The lowest BCUT2D eigenvalue weighted by molar-refractivity contribution is -0.146. The summed E-state index contributed by atoms with van der Waals surface area (Å²) in [6.07, 6.45) is 7.14. The van der Waals surface area contributed by atoms with Crippen molar-refractivity contribution >= 4 is 11.9 Å². The van der Waals surface area contributed by atoms with E-state index in [1.807, 2.05) is 0 Å². The molecule has 15 heavy (non-hydrogen) atoms. The van der Waals surface area contributed by atoms with Gasteiger partial charge in [0.25, 0.3) is 0 Å². The summed E-state index contributed by atoms with van der Waals surface area (Å²) in [4.78, 5) is 22.5. The largest absolute Gasteiger partial charge is 0.481 e. The van der Waals surface area contributed by atoms with Crippen molar-refractivity contribution in [3.8, 4) is 12.3 Å². The third kappa shape index (κ3) is 2.72. The predicted octanol–water partition coefficient (Wildman–Crippen LogP) is 0.625. The molecule has 1 aliphatic rings. The van der Waals surface area contributed by atoms with Crippen molar-refractivity contribution in [2.24, 2.45) is 11.8 Å². The van der Waals surface area contributed by atoms with Crippen LogP contribution in [0.25, 0.3) is 0 Å². The molecule has 82 valence electrons. The quantitative estimate of drug-likeness (QED) is 0.670. The van der Waals surface area contributed by atoms with Gasteiger partial charge in [-0.2, -0.15) is 0 Å². The highest BCUT2D eigenvalue weighted by Crippen LogP contribution is 2.32. The lowest BCUT2D eigenvalue weighted by Crippen LogP contribution is -2.39. The SMILES string of the molecule is C#CC(C)NC(=O)C1CCCC1C(=O)O. The lowest BCUT2D eigenvalue weighted by Gasteiger charge is -2.16. The van der Waals surface area contributed by atoms with E-state index in [1.54, 1.807) is 6.92 Å². The number of aliphatic carboxylic acids is 1. The molecule has 0 aliphatic heterocycles. The van der Waals surface area contributed by atoms with Gasteiger partial charge in [-0.25, -0.2) is 0 Å². The highest BCUT2D eigenvalue weighted by molar-refractivity contribution is 5.85. The summed E-state index contributed by atoms with van der Waals surface area (Å²) < 4.78 is 0. The second-order valence-electron chi connectivity index (χ2n) is 3.88. The third-order valence-corrected chi connectivity index (χ3v) is 2.78. The number of carboxylic acid groups (broad SMARTS) is 1. The maximum Gasteiger partial charge on any atom is 0.307 e. The van der Waals surface area contributed by atoms with Crippen LogP contribution in [0.3, 0.4) is 0 Å². The summed E-state index contributed by atoms with van der Waals surface area (Å²) in [5.74, 6) is 0.300. The number of carbonyl (C=O) groups excluding carboxylic acids is 1. The van der Waals surface area contributed by atoms with E-state index in [4.69, 9.17) is 11.5 Å². The Hall–Kier alpha value is -1.50. The number of hydrogen-bond acceptors (Lipinski definition) is 2. The molecule has 1 saturated carbocycles. The normalized spacial score (nSPS) is 26.7. The minimum absolute atomic E-state index is 0.231. The predicted molar refractivity (Wildman–Crippen MR) is 54.9 cm³/mol. The lowest BCUT2D eigenvalue weighted by atomic mass is 9.95. The number of terminal acetylenes is 1. The van der Waals surface area contributed by atoms with Crippen molar-refractivity contribution in [2.45, 2.75) is 32.2 Å². The molecule has 3 unspecified atom stereocenters. The van der Waals surface area contributed by atoms with Gasteiger partial charge in [0.2, 0.25) is 5.91 Å². The molecule has 0 heterocycles. The topological polar surface area (TPSA) is 66.4 Å². The molecule has 4 nitrogen and oxygen atoms in total. The molecule has 0 spiro atoms. The smallest absolute Gasteiger partial charge is 0.307 e. The number of rotatable bonds is 3. The first kappa shape index (κ1) is 11.6. The van der Waals surface area contributed by atoms with E-state index in [1.165, 1.54) is 0 Å². The Morgan fingerprint density at radius 3 is 2.60 bits per heavy atom. The number of amides is 1. The van der Waals surface area contributed by atoms with Crippen LogP contribution in [0, 0.1) is 24.2 Å². The van der Waals surface area contributed by atoms with E-state index in [0.29, 0.717) is 12.8 Å². The van der Waals surface area contributed by atoms with E-state index >= 15 is 0 Å². The standard InChI is InChI=1S/C11H15NO3/c1-3-7(2)12-10(13)8-5-4-6-9(8)11(14)15/h1,7-9H,4-6H2,2H3,(H,12,13)(H,14,15). The molecule has 2 N–H and O–H groups in total. The van der Waals surface area contributed by atoms with E-state index in [-0.39, 0.29) is 11.9 Å². The van der Waals surface area contributed by atoms with Crippen molar-refractivity contribution in [1.82, 2.24) is 5.32 Å². The van der Waals surface area contributed by atoms with Gasteiger partial charge in [-0.15, -0.1) is 6.42 Å². The van der Waals surface area contributed by atoms with Gasteiger partial charge in [0.1, 0.15) is 0 Å². The van der Waals surface area contributed by atoms with Crippen LogP contribution in [0.2, 0.25) is 0 Å². The summed E-state index contributed by atoms with van der Waals surface area (Å²) in [7, 11) is 0. The fourth-order valence-corrected chi connectivity index (χ4v) is 1.93. The van der Waals surface area contributed by atoms with Gasteiger partial charge in [-0.1, -0.05) is 12.3 Å². The molecule has 0 aromatic heterocycles. The van der Waals surface area contributed by atoms with Crippen molar-refractivity contribution in [1.29, 1.82) is 0 Å². The third-order valence-electron chi connectivity index (χ3n) is 2.78. The molecule has 1 fully saturated rings. The van der Waals surface area contributed by atoms with Crippen LogP contribution in [0.1, 0.15) is 26.2 Å². The molecule has 0 saturated heterocycles. The van der Waals surface area contributed by atoms with Crippen LogP contribution in [0.5, 0.6) is 0 Å². The molecule has 4 heteroatoms. The Labute approximate surface area is 89.0 Å². The first-order valence-electron chi connectivity index (χ1n) is 5.05. The molecular weight excluding hydrogens is 194 g/mol. The maximum atomic E-state index is 11.7. The molecule has 1 aliphatic carbocycles. The highest BCUT2D eigenvalue weighted by Gasteiger charge is 2.37. The van der Waals surface area contributed by atoms with Gasteiger partial charge in [0.05, 0.1) is 17.9 Å². The summed E-state index contributed by atoms with van der Waals surface area (Å²) in [5.41, 5.74) is 0. The number of carbonyl (C=O) groups is 2. The molecule has 3 atom stereocenters. The molecule has 0 radical (unpaired) electrons. The molecule has 1 amide bonds. The van der Waals surface area contributed by atoms with Crippen LogP contribution in [0.15, 0.2) is 0 Å². The highest BCUT2D eigenvalue weighted by atomic mass is 16.4.